The molecule has 0 aliphatic carbocycles. The first-order valence-corrected chi connectivity index (χ1v) is 7.90. The van der Waals surface area contributed by atoms with E-state index < -0.39 is 5.41 Å². The molecule has 0 unspecified atom stereocenters. The molecule has 3 rings (SSSR count). The minimum atomic E-state index is -0.511. The van der Waals surface area contributed by atoms with Gasteiger partial charge in [-0.25, -0.2) is 9.67 Å². The Balaban J connectivity index is 1.91. The Hall–Kier alpha value is -2.31. The van der Waals surface area contributed by atoms with Crippen LogP contribution in [0.1, 0.15) is 38.2 Å². The second-order valence-corrected chi connectivity index (χ2v) is 6.69. The third kappa shape index (κ3) is 3.60. The Labute approximate surface area is 141 Å². The average molecular weight is 327 g/mol. The van der Waals surface area contributed by atoms with Crippen molar-refractivity contribution in [3.8, 4) is 0 Å². The molecule has 2 aromatic rings. The number of aromatic nitrogens is 3. The highest BCUT2D eigenvalue weighted by Crippen LogP contribution is 2.26. The van der Waals surface area contributed by atoms with Crippen LogP contribution in [0.2, 0.25) is 0 Å². The van der Waals surface area contributed by atoms with Crippen molar-refractivity contribution in [2.45, 2.75) is 27.1 Å². The summed E-state index contributed by atoms with van der Waals surface area (Å²) in [6.07, 6.45) is 4.47. The van der Waals surface area contributed by atoms with Crippen LogP contribution in [0.25, 0.3) is 11.8 Å². The van der Waals surface area contributed by atoms with Crippen LogP contribution in [-0.2, 0) is 14.3 Å². The van der Waals surface area contributed by atoms with Crippen LogP contribution in [-0.4, -0.2) is 33.8 Å². The zero-order chi connectivity index (χ0) is 17.2. The van der Waals surface area contributed by atoms with Gasteiger partial charge in [0.15, 0.2) is 12.1 Å². The fraction of sp³-hybridized carbons (Fsp3) is 0.389. The van der Waals surface area contributed by atoms with Crippen LogP contribution in [0.3, 0.4) is 0 Å². The maximum Gasteiger partial charge on any atom is 0.186 e. The Kier molecular flexibility index (Phi) is 4.59. The largest absolute Gasteiger partial charge is 0.346 e. The molecule has 24 heavy (non-hydrogen) atoms. The quantitative estimate of drug-likeness (QED) is 0.808. The molecular formula is C18H21N3O3. The van der Waals surface area contributed by atoms with E-state index in [9.17, 15) is 4.79 Å². The minimum Gasteiger partial charge on any atom is -0.346 e. The molecule has 126 valence electrons. The Morgan fingerprint density at radius 2 is 1.88 bits per heavy atom. The molecule has 1 aromatic heterocycles. The van der Waals surface area contributed by atoms with Crippen LogP contribution >= 0.6 is 0 Å². The van der Waals surface area contributed by atoms with Crippen LogP contribution in [0, 0.1) is 5.41 Å². The first-order chi connectivity index (χ1) is 11.4. The molecule has 6 heteroatoms. The van der Waals surface area contributed by atoms with Crippen molar-refractivity contribution in [2.75, 3.05) is 13.2 Å². The second-order valence-electron chi connectivity index (χ2n) is 6.69. The van der Waals surface area contributed by atoms with Gasteiger partial charge in [0.25, 0.3) is 0 Å². The molecule has 1 aromatic carbocycles. The summed E-state index contributed by atoms with van der Waals surface area (Å²) < 4.78 is 12.5. The summed E-state index contributed by atoms with van der Waals surface area (Å²) in [5.74, 6) is -0.000430. The number of nitrogens with zero attached hydrogens (tertiary/aromatic N) is 3. The fourth-order valence-electron chi connectivity index (χ4n) is 2.41. The third-order valence-corrected chi connectivity index (χ3v) is 3.71. The molecule has 1 fully saturated rings. The summed E-state index contributed by atoms with van der Waals surface area (Å²) in [4.78, 5) is 16.7. The van der Waals surface area contributed by atoms with Crippen molar-refractivity contribution in [2.24, 2.45) is 5.41 Å². The van der Waals surface area contributed by atoms with Gasteiger partial charge in [0.05, 0.1) is 13.2 Å². The first kappa shape index (κ1) is 16.5. The molecular weight excluding hydrogens is 306 g/mol. The maximum atomic E-state index is 12.7. The summed E-state index contributed by atoms with van der Waals surface area (Å²) in [7, 11) is 0. The molecule has 0 atom stereocenters. The van der Waals surface area contributed by atoms with Gasteiger partial charge in [-0.3, -0.25) is 4.79 Å². The molecule has 0 radical (unpaired) electrons. The molecule has 6 nitrogen and oxygen atoms in total. The average Bonchev–Trinajstić information content (AvgIpc) is 3.25. The molecule has 0 spiro atoms. The lowest BCUT2D eigenvalue weighted by Crippen LogP contribution is -2.24. The van der Waals surface area contributed by atoms with E-state index >= 15 is 0 Å². The molecule has 1 aliphatic rings. The van der Waals surface area contributed by atoms with E-state index in [1.54, 1.807) is 0 Å². The number of benzene rings is 1. The van der Waals surface area contributed by atoms with Gasteiger partial charge in [-0.05, 0) is 11.6 Å². The predicted octanol–water partition coefficient (Wildman–Crippen LogP) is 2.94. The Morgan fingerprint density at radius 1 is 1.21 bits per heavy atom. The minimum absolute atomic E-state index is 0.000430. The number of carbonyl (C=O) groups is 1. The fourth-order valence-corrected chi connectivity index (χ4v) is 2.41. The highest BCUT2D eigenvalue weighted by Gasteiger charge is 2.26. The monoisotopic (exact) mass is 327 g/mol. The molecule has 2 heterocycles. The van der Waals surface area contributed by atoms with Crippen LogP contribution in [0.5, 0.6) is 0 Å². The van der Waals surface area contributed by atoms with Crippen LogP contribution in [0.4, 0.5) is 0 Å². The molecule has 0 amide bonds. The number of ether oxygens (including phenoxy) is 2. The molecule has 1 saturated heterocycles. The van der Waals surface area contributed by atoms with E-state index in [1.807, 2.05) is 51.1 Å². The summed E-state index contributed by atoms with van der Waals surface area (Å²) >= 11 is 0. The van der Waals surface area contributed by atoms with Crippen LogP contribution in [0.15, 0.2) is 36.9 Å². The van der Waals surface area contributed by atoms with Gasteiger partial charge < -0.3 is 9.47 Å². The van der Waals surface area contributed by atoms with Gasteiger partial charge in [0.2, 0.25) is 0 Å². The lowest BCUT2D eigenvalue weighted by Gasteiger charge is -2.18. The van der Waals surface area contributed by atoms with E-state index in [0.717, 1.165) is 11.1 Å². The number of allylic oxidation sites excluding steroid dienone is 1. The lowest BCUT2D eigenvalue weighted by molar-refractivity contribution is -0.120. The number of ketones is 1. The lowest BCUT2D eigenvalue weighted by atomic mass is 9.88. The molecule has 1 aliphatic heterocycles. The maximum absolute atomic E-state index is 12.7. The van der Waals surface area contributed by atoms with Crippen molar-refractivity contribution in [1.82, 2.24) is 14.8 Å². The topological polar surface area (TPSA) is 66.2 Å². The van der Waals surface area contributed by atoms with Gasteiger partial charge >= 0.3 is 0 Å². The van der Waals surface area contributed by atoms with Crippen molar-refractivity contribution in [1.29, 1.82) is 0 Å². The first-order valence-electron chi connectivity index (χ1n) is 7.90. The van der Waals surface area contributed by atoms with Crippen molar-refractivity contribution in [3.05, 3.63) is 48.0 Å². The van der Waals surface area contributed by atoms with Gasteiger partial charge in [-0.2, -0.15) is 5.10 Å². The summed E-state index contributed by atoms with van der Waals surface area (Å²) in [5, 5.41) is 4.10. The Morgan fingerprint density at radius 3 is 2.42 bits per heavy atom. The van der Waals surface area contributed by atoms with E-state index in [4.69, 9.17) is 9.47 Å². The molecule has 0 saturated carbocycles. The summed E-state index contributed by atoms with van der Waals surface area (Å²) in [6.45, 7) is 6.89. The number of hydrogen-bond donors (Lipinski definition) is 0. The van der Waals surface area contributed by atoms with Gasteiger partial charge in [-0.1, -0.05) is 45.0 Å². The number of hydrogen-bond acceptors (Lipinski definition) is 5. The molecule has 0 bridgehead atoms. The predicted molar refractivity (Wildman–Crippen MR) is 89.7 cm³/mol. The summed E-state index contributed by atoms with van der Waals surface area (Å²) in [6, 6.07) is 7.77. The SMILES string of the molecule is CC(C)(C)C(=O)/C(=C/c1ccc(C2OCCO2)cc1)n1cncn1. The van der Waals surface area contributed by atoms with Gasteiger partial charge in [-0.15, -0.1) is 0 Å². The highest BCUT2D eigenvalue weighted by molar-refractivity contribution is 6.21. The number of Topliss-reactive ketones (excluding diaryl/α,β-unsaturated/α-hetero) is 1. The van der Waals surface area contributed by atoms with Crippen molar-refractivity contribution < 1.29 is 14.3 Å². The number of rotatable bonds is 4. The number of carbonyl (C=O) groups excluding carboxylic acids is 1. The standard InChI is InChI=1S/C18H21N3O3/c1-18(2,3)16(22)15(21-12-19-11-20-21)10-13-4-6-14(7-5-13)17-23-8-9-24-17/h4-7,10-12,17H,8-9H2,1-3H3/b15-10-. The summed E-state index contributed by atoms with van der Waals surface area (Å²) in [5.41, 5.74) is 1.85. The smallest absolute Gasteiger partial charge is 0.186 e. The van der Waals surface area contributed by atoms with Crippen LogP contribution < -0.4 is 0 Å². The Bertz CT molecular complexity index is 722. The van der Waals surface area contributed by atoms with E-state index in [2.05, 4.69) is 10.1 Å². The van der Waals surface area contributed by atoms with Crippen molar-refractivity contribution in [3.63, 3.8) is 0 Å². The van der Waals surface area contributed by atoms with Crippen molar-refractivity contribution >= 4 is 17.6 Å². The van der Waals surface area contributed by atoms with E-state index in [-0.39, 0.29) is 12.1 Å². The van der Waals surface area contributed by atoms with Gasteiger partial charge in [0.1, 0.15) is 18.4 Å². The zero-order valence-electron chi connectivity index (χ0n) is 14.1. The third-order valence-electron chi connectivity index (χ3n) is 3.71. The highest BCUT2D eigenvalue weighted by atomic mass is 16.7. The van der Waals surface area contributed by atoms with E-state index in [0.29, 0.717) is 18.9 Å². The second kappa shape index (κ2) is 6.67. The van der Waals surface area contributed by atoms with E-state index in [1.165, 1.54) is 17.3 Å². The molecule has 0 N–H and O–H groups in total. The zero-order valence-corrected chi connectivity index (χ0v) is 14.1. The normalized spacial score (nSPS) is 16.5. The van der Waals surface area contributed by atoms with Gasteiger partial charge in [0, 0.05) is 11.0 Å².